The molecule has 0 saturated carbocycles. The summed E-state index contributed by atoms with van der Waals surface area (Å²) in [6, 6.07) is 12.1. The van der Waals surface area contributed by atoms with Crippen LogP contribution in [0.2, 0.25) is 0 Å². The third-order valence-corrected chi connectivity index (χ3v) is 5.04. The number of urea groups is 1. The van der Waals surface area contributed by atoms with Crippen LogP contribution in [-0.2, 0) is 9.59 Å². The molecule has 32 heavy (non-hydrogen) atoms. The molecule has 2 aromatic carbocycles. The van der Waals surface area contributed by atoms with E-state index in [1.54, 1.807) is 30.3 Å². The van der Waals surface area contributed by atoms with Gasteiger partial charge >= 0.3 is 6.03 Å². The Morgan fingerprint density at radius 1 is 1.03 bits per heavy atom. The highest BCUT2D eigenvalue weighted by atomic mass is 16.2. The third kappa shape index (κ3) is 4.20. The van der Waals surface area contributed by atoms with Gasteiger partial charge in [0.05, 0.1) is 17.7 Å². The Balaban J connectivity index is 1.40. The van der Waals surface area contributed by atoms with Gasteiger partial charge in [0.15, 0.2) is 0 Å². The molecule has 1 fully saturated rings. The molecule has 0 bridgehead atoms. The van der Waals surface area contributed by atoms with Crippen molar-refractivity contribution in [3.8, 4) is 11.8 Å². The van der Waals surface area contributed by atoms with Crippen molar-refractivity contribution in [2.24, 2.45) is 0 Å². The number of hydrogen-bond acceptors (Lipinski definition) is 5. The Morgan fingerprint density at radius 2 is 1.78 bits per heavy atom. The van der Waals surface area contributed by atoms with Crippen LogP contribution in [0.5, 0.6) is 0 Å². The lowest BCUT2D eigenvalue weighted by molar-refractivity contribution is -0.136. The third-order valence-electron chi connectivity index (χ3n) is 5.04. The summed E-state index contributed by atoms with van der Waals surface area (Å²) in [6.45, 7) is 0.0744. The Labute approximate surface area is 183 Å². The largest absolute Gasteiger partial charge is 0.327 e. The number of anilines is 1. The molecule has 0 aliphatic carbocycles. The summed E-state index contributed by atoms with van der Waals surface area (Å²) in [5.74, 6) is 3.38. The molecule has 2 aromatic rings. The summed E-state index contributed by atoms with van der Waals surface area (Å²) in [5.41, 5.74) is 1.48. The number of rotatable bonds is 3. The standard InChI is InChI=1S/C23H18N4O5/c28-19-11-10-18(20(29)26-19)27-21(30)16-9-8-14(13-17(16)22(27)31)5-4-12-24-23(32)25-15-6-2-1-3-7-15/h1-3,6-9,13,18H,10-12H2,(H2,24,25,32)(H,26,28,29). The molecule has 2 aliphatic rings. The molecule has 3 N–H and O–H groups in total. The molecular weight excluding hydrogens is 412 g/mol. The first-order chi connectivity index (χ1) is 15.4. The number of fused-ring (bicyclic) bond motifs is 1. The van der Waals surface area contributed by atoms with Gasteiger partial charge in [-0.25, -0.2) is 4.79 Å². The Bertz CT molecular complexity index is 1200. The quantitative estimate of drug-likeness (QED) is 0.500. The summed E-state index contributed by atoms with van der Waals surface area (Å²) >= 11 is 0. The summed E-state index contributed by atoms with van der Waals surface area (Å²) in [6.07, 6.45) is 0.158. The van der Waals surface area contributed by atoms with Gasteiger partial charge in [0.1, 0.15) is 6.04 Å². The van der Waals surface area contributed by atoms with Gasteiger partial charge in [-0.3, -0.25) is 29.4 Å². The average molecular weight is 430 g/mol. The molecule has 0 radical (unpaired) electrons. The van der Waals surface area contributed by atoms with E-state index >= 15 is 0 Å². The molecule has 1 atom stereocenters. The number of hydrogen-bond donors (Lipinski definition) is 3. The van der Waals surface area contributed by atoms with Gasteiger partial charge in [-0.15, -0.1) is 0 Å². The van der Waals surface area contributed by atoms with Gasteiger partial charge in [-0.05, 0) is 36.8 Å². The number of amides is 6. The van der Waals surface area contributed by atoms with Crippen molar-refractivity contribution in [2.75, 3.05) is 11.9 Å². The highest BCUT2D eigenvalue weighted by molar-refractivity contribution is 6.23. The molecule has 0 spiro atoms. The van der Waals surface area contributed by atoms with Crippen LogP contribution >= 0.6 is 0 Å². The van der Waals surface area contributed by atoms with Gasteiger partial charge < -0.3 is 10.6 Å². The molecule has 1 unspecified atom stereocenters. The number of carbonyl (C=O) groups excluding carboxylic acids is 5. The van der Waals surface area contributed by atoms with Gasteiger partial charge in [0.2, 0.25) is 11.8 Å². The van der Waals surface area contributed by atoms with Crippen LogP contribution in [0.25, 0.3) is 0 Å². The minimum Gasteiger partial charge on any atom is -0.327 e. The van der Waals surface area contributed by atoms with Crippen LogP contribution in [0.1, 0.15) is 39.1 Å². The van der Waals surface area contributed by atoms with Gasteiger partial charge in [-0.2, -0.15) is 0 Å². The van der Waals surface area contributed by atoms with E-state index in [1.165, 1.54) is 12.1 Å². The maximum Gasteiger partial charge on any atom is 0.319 e. The second kappa shape index (κ2) is 8.73. The average Bonchev–Trinajstić information content (AvgIpc) is 3.02. The lowest BCUT2D eigenvalue weighted by atomic mass is 10.0. The van der Waals surface area contributed by atoms with E-state index < -0.39 is 35.7 Å². The summed E-state index contributed by atoms with van der Waals surface area (Å²) in [7, 11) is 0. The fourth-order valence-corrected chi connectivity index (χ4v) is 3.52. The Kier molecular flexibility index (Phi) is 5.68. The molecular formula is C23H18N4O5. The SMILES string of the molecule is O=C1CCC(N2C(=O)c3ccc(C#CCNC(=O)Nc4ccccc4)cc3C2=O)C(=O)N1. The van der Waals surface area contributed by atoms with Crippen LogP contribution in [0, 0.1) is 11.8 Å². The summed E-state index contributed by atoms with van der Waals surface area (Å²) in [5, 5.41) is 7.43. The first kappa shape index (κ1) is 20.8. The molecule has 160 valence electrons. The van der Waals surface area contributed by atoms with Crippen LogP contribution < -0.4 is 16.0 Å². The minimum atomic E-state index is -1.01. The first-order valence-corrected chi connectivity index (χ1v) is 9.88. The first-order valence-electron chi connectivity index (χ1n) is 9.88. The lowest BCUT2D eigenvalue weighted by Gasteiger charge is -2.27. The van der Waals surface area contributed by atoms with E-state index in [-0.39, 0.29) is 30.5 Å². The number of para-hydroxylation sites is 1. The molecule has 0 aromatic heterocycles. The monoisotopic (exact) mass is 430 g/mol. The molecule has 6 amide bonds. The fourth-order valence-electron chi connectivity index (χ4n) is 3.52. The molecule has 9 heteroatoms. The van der Waals surface area contributed by atoms with E-state index in [1.807, 2.05) is 6.07 Å². The molecule has 1 saturated heterocycles. The lowest BCUT2D eigenvalue weighted by Crippen LogP contribution is -2.54. The molecule has 2 heterocycles. The number of imide groups is 2. The number of piperidine rings is 1. The van der Waals surface area contributed by atoms with Crippen LogP contribution in [0.4, 0.5) is 10.5 Å². The maximum absolute atomic E-state index is 12.8. The predicted octanol–water partition coefficient (Wildman–Crippen LogP) is 1.26. The number of carbonyl (C=O) groups is 5. The van der Waals surface area contributed by atoms with Crippen LogP contribution in [0.3, 0.4) is 0 Å². The predicted molar refractivity (Wildman–Crippen MR) is 113 cm³/mol. The van der Waals surface area contributed by atoms with Gasteiger partial charge in [-0.1, -0.05) is 30.0 Å². The minimum absolute atomic E-state index is 0.0609. The van der Waals surface area contributed by atoms with Crippen LogP contribution in [-0.4, -0.2) is 47.1 Å². The Hall–Kier alpha value is -4.45. The summed E-state index contributed by atoms with van der Waals surface area (Å²) < 4.78 is 0. The fraction of sp³-hybridized carbons (Fsp3) is 0.174. The van der Waals surface area contributed by atoms with E-state index in [4.69, 9.17) is 0 Å². The smallest absolute Gasteiger partial charge is 0.319 e. The zero-order valence-electron chi connectivity index (χ0n) is 16.8. The number of nitrogens with one attached hydrogen (secondary N) is 3. The van der Waals surface area contributed by atoms with Crippen molar-refractivity contribution >= 4 is 35.3 Å². The molecule has 2 aliphatic heterocycles. The van der Waals surface area contributed by atoms with Crippen molar-refractivity contribution < 1.29 is 24.0 Å². The van der Waals surface area contributed by atoms with Gasteiger partial charge in [0, 0.05) is 17.7 Å². The van der Waals surface area contributed by atoms with Crippen molar-refractivity contribution in [3.63, 3.8) is 0 Å². The topological polar surface area (TPSA) is 125 Å². The second-order valence-corrected chi connectivity index (χ2v) is 7.18. The van der Waals surface area contributed by atoms with Gasteiger partial charge in [0.25, 0.3) is 11.8 Å². The summed E-state index contributed by atoms with van der Waals surface area (Å²) in [4.78, 5) is 61.7. The normalized spacial score (nSPS) is 17.2. The number of nitrogens with zero attached hydrogens (tertiary/aromatic N) is 1. The van der Waals surface area contributed by atoms with E-state index in [0.29, 0.717) is 11.3 Å². The van der Waals surface area contributed by atoms with E-state index in [0.717, 1.165) is 4.90 Å². The Morgan fingerprint density at radius 3 is 2.53 bits per heavy atom. The van der Waals surface area contributed by atoms with Crippen molar-refractivity contribution in [1.82, 2.24) is 15.5 Å². The second-order valence-electron chi connectivity index (χ2n) is 7.18. The maximum atomic E-state index is 12.8. The van der Waals surface area contributed by atoms with E-state index in [2.05, 4.69) is 27.8 Å². The zero-order chi connectivity index (χ0) is 22.7. The highest BCUT2D eigenvalue weighted by Gasteiger charge is 2.44. The van der Waals surface area contributed by atoms with Crippen molar-refractivity contribution in [2.45, 2.75) is 18.9 Å². The van der Waals surface area contributed by atoms with Crippen molar-refractivity contribution in [1.29, 1.82) is 0 Å². The number of benzene rings is 2. The van der Waals surface area contributed by atoms with Crippen molar-refractivity contribution in [3.05, 3.63) is 65.2 Å². The zero-order valence-corrected chi connectivity index (χ0v) is 16.8. The highest BCUT2D eigenvalue weighted by Crippen LogP contribution is 2.28. The molecule has 9 nitrogen and oxygen atoms in total. The van der Waals surface area contributed by atoms with E-state index in [9.17, 15) is 24.0 Å². The molecule has 4 rings (SSSR count). The van der Waals surface area contributed by atoms with Crippen LogP contribution in [0.15, 0.2) is 48.5 Å².